The van der Waals surface area contributed by atoms with Crippen LogP contribution in [0.1, 0.15) is 10.4 Å². The standard InChI is InChI=1S/C19H10ClN3O2/c20-12-2-1-3-13(9-12)22-18-16-10-21-7-6-14(16)15-5-4-11(19(24)25)8-17(15)23-18/h1-3,6-10H,(H,22,23)(H,24,25). The molecule has 2 aromatic carbocycles. The van der Waals surface area contributed by atoms with Crippen molar-refractivity contribution in [1.82, 2.24) is 9.97 Å². The molecule has 2 aromatic heterocycles. The Morgan fingerprint density at radius 3 is 2.84 bits per heavy atom. The summed E-state index contributed by atoms with van der Waals surface area (Å²) in [5, 5.41) is 15.3. The molecule has 0 amide bonds. The van der Waals surface area contributed by atoms with Crippen molar-refractivity contribution in [2.45, 2.75) is 0 Å². The summed E-state index contributed by atoms with van der Waals surface area (Å²) in [5.74, 6) is -0.507. The molecule has 0 bridgehead atoms. The summed E-state index contributed by atoms with van der Waals surface area (Å²) in [4.78, 5) is 19.9. The van der Waals surface area contributed by atoms with Crippen LogP contribution < -0.4 is 5.32 Å². The lowest BCUT2D eigenvalue weighted by atomic mass is 10.1. The molecule has 4 rings (SSSR count). The molecule has 2 heterocycles. The minimum Gasteiger partial charge on any atom is -0.477 e. The Balaban J connectivity index is 1.96. The number of nitrogens with one attached hydrogen (secondary N) is 1. The van der Waals surface area contributed by atoms with Gasteiger partial charge in [-0.25, -0.2) is 9.78 Å². The molecule has 0 fully saturated rings. The van der Waals surface area contributed by atoms with Gasteiger partial charge in [0.05, 0.1) is 10.9 Å². The topological polar surface area (TPSA) is 75.1 Å². The fraction of sp³-hybridized carbons (Fsp3) is 0. The second-order valence-corrected chi connectivity index (χ2v) is 5.83. The molecule has 0 aliphatic heterocycles. The van der Waals surface area contributed by atoms with E-state index in [9.17, 15) is 9.90 Å². The Morgan fingerprint density at radius 1 is 1.16 bits per heavy atom. The SMILES string of the molecule is O=C(O)c1c#cc2c(c1)nc(Nc1cccc(Cl)c1)c1cnccc12. The maximum atomic E-state index is 11.2. The number of hydrogen-bond donors (Lipinski definition) is 2. The van der Waals surface area contributed by atoms with Gasteiger partial charge in [0.15, 0.2) is 0 Å². The predicted octanol–water partition coefficient (Wildman–Crippen LogP) is 4.48. The minimum atomic E-state index is -1.07. The van der Waals surface area contributed by atoms with Crippen LogP contribution in [0.5, 0.6) is 0 Å². The van der Waals surface area contributed by atoms with Crippen molar-refractivity contribution in [1.29, 1.82) is 0 Å². The van der Waals surface area contributed by atoms with Gasteiger partial charge in [-0.05, 0) is 30.3 Å². The molecule has 0 aliphatic rings. The lowest BCUT2D eigenvalue weighted by Crippen LogP contribution is -1.98. The van der Waals surface area contributed by atoms with Gasteiger partial charge in [-0.2, -0.15) is 0 Å². The third-order valence-electron chi connectivity index (χ3n) is 3.75. The molecular weight excluding hydrogens is 338 g/mol. The monoisotopic (exact) mass is 347 g/mol. The third-order valence-corrected chi connectivity index (χ3v) is 3.99. The summed E-state index contributed by atoms with van der Waals surface area (Å²) >= 11 is 6.03. The van der Waals surface area contributed by atoms with Gasteiger partial charge < -0.3 is 10.4 Å². The summed E-state index contributed by atoms with van der Waals surface area (Å²) in [6.45, 7) is 0. The number of carboxylic acid groups (broad SMARTS) is 1. The number of rotatable bonds is 3. The molecule has 5 nitrogen and oxygen atoms in total. The molecule has 0 radical (unpaired) electrons. The molecule has 0 saturated carbocycles. The number of hydrogen-bond acceptors (Lipinski definition) is 4. The smallest absolute Gasteiger partial charge is 0.344 e. The summed E-state index contributed by atoms with van der Waals surface area (Å²) in [7, 11) is 0. The molecule has 6 heteroatoms. The number of aromatic nitrogens is 2. The molecule has 0 aliphatic carbocycles. The van der Waals surface area contributed by atoms with E-state index in [0.717, 1.165) is 16.5 Å². The van der Waals surface area contributed by atoms with Crippen molar-refractivity contribution in [3.63, 3.8) is 0 Å². The van der Waals surface area contributed by atoms with Crippen LogP contribution in [0.2, 0.25) is 5.02 Å². The van der Waals surface area contributed by atoms with Crippen LogP contribution >= 0.6 is 11.6 Å². The second-order valence-electron chi connectivity index (χ2n) is 5.39. The average Bonchev–Trinajstić information content (AvgIpc) is 2.61. The van der Waals surface area contributed by atoms with Gasteiger partial charge in [-0.15, -0.1) is 0 Å². The molecule has 25 heavy (non-hydrogen) atoms. The molecule has 2 N–H and O–H groups in total. The van der Waals surface area contributed by atoms with E-state index in [4.69, 9.17) is 11.6 Å². The summed E-state index contributed by atoms with van der Waals surface area (Å²) in [5.41, 5.74) is 1.30. The first-order valence-electron chi connectivity index (χ1n) is 7.39. The lowest BCUT2D eigenvalue weighted by Gasteiger charge is -2.11. The number of halogens is 1. The number of fused-ring (bicyclic) bond motifs is 3. The molecule has 0 saturated heterocycles. The van der Waals surface area contributed by atoms with E-state index in [0.29, 0.717) is 21.7 Å². The van der Waals surface area contributed by atoms with Crippen molar-refractivity contribution in [2.24, 2.45) is 0 Å². The van der Waals surface area contributed by atoms with Crippen LogP contribution in [0.25, 0.3) is 21.7 Å². The Labute approximate surface area is 147 Å². The number of anilines is 2. The predicted molar refractivity (Wildman–Crippen MR) is 96.4 cm³/mol. The zero-order chi connectivity index (χ0) is 17.4. The van der Waals surface area contributed by atoms with Gasteiger partial charge in [0, 0.05) is 33.9 Å². The highest BCUT2D eigenvalue weighted by molar-refractivity contribution is 6.30. The van der Waals surface area contributed by atoms with E-state index < -0.39 is 5.97 Å². The van der Waals surface area contributed by atoms with E-state index in [1.54, 1.807) is 24.5 Å². The largest absolute Gasteiger partial charge is 0.477 e. The van der Waals surface area contributed by atoms with E-state index >= 15 is 0 Å². The fourth-order valence-electron chi connectivity index (χ4n) is 2.63. The average molecular weight is 348 g/mol. The highest BCUT2D eigenvalue weighted by Gasteiger charge is 2.11. The third kappa shape index (κ3) is 2.80. The van der Waals surface area contributed by atoms with Crippen molar-refractivity contribution < 1.29 is 9.90 Å². The number of nitrogens with zero attached hydrogens (tertiary/aromatic N) is 2. The summed E-state index contributed by atoms with van der Waals surface area (Å²) < 4.78 is 0. The van der Waals surface area contributed by atoms with Crippen molar-refractivity contribution in [2.75, 3.05) is 5.32 Å². The number of carbonyl (C=O) groups is 1. The molecule has 4 aromatic rings. The van der Waals surface area contributed by atoms with Crippen LogP contribution in [0.15, 0.2) is 48.8 Å². The fourth-order valence-corrected chi connectivity index (χ4v) is 2.82. The zero-order valence-corrected chi connectivity index (χ0v) is 13.5. The number of benzene rings is 1. The molecule has 0 unspecified atom stereocenters. The van der Waals surface area contributed by atoms with Crippen LogP contribution in [-0.2, 0) is 0 Å². The first-order valence-corrected chi connectivity index (χ1v) is 7.77. The first-order chi connectivity index (χ1) is 12.1. The number of aromatic carboxylic acids is 1. The Kier molecular flexibility index (Phi) is 3.60. The van der Waals surface area contributed by atoms with Crippen LogP contribution in [0.3, 0.4) is 0 Å². The van der Waals surface area contributed by atoms with Crippen LogP contribution in [0.4, 0.5) is 11.5 Å². The van der Waals surface area contributed by atoms with E-state index in [2.05, 4.69) is 27.4 Å². The Bertz CT molecular complexity index is 1130. The van der Waals surface area contributed by atoms with Crippen molar-refractivity contribution in [3.05, 3.63) is 71.5 Å². The van der Waals surface area contributed by atoms with Gasteiger partial charge >= 0.3 is 5.97 Å². The van der Waals surface area contributed by atoms with Crippen molar-refractivity contribution in [3.8, 4) is 0 Å². The molecule has 0 spiro atoms. The van der Waals surface area contributed by atoms with Gasteiger partial charge in [-0.1, -0.05) is 29.8 Å². The first kappa shape index (κ1) is 15.2. The van der Waals surface area contributed by atoms with E-state index in [-0.39, 0.29) is 5.56 Å². The quantitative estimate of drug-likeness (QED) is 0.571. The maximum Gasteiger partial charge on any atom is 0.344 e. The van der Waals surface area contributed by atoms with Gasteiger partial charge in [0.2, 0.25) is 0 Å². The highest BCUT2D eigenvalue weighted by atomic mass is 35.5. The molecule has 0 atom stereocenters. The number of carboxylic acids is 1. The Hall–Kier alpha value is -3.36. The van der Waals surface area contributed by atoms with Gasteiger partial charge in [-0.3, -0.25) is 4.98 Å². The summed E-state index contributed by atoms with van der Waals surface area (Å²) in [6, 6.07) is 16.1. The highest BCUT2D eigenvalue weighted by Crippen LogP contribution is 2.30. The van der Waals surface area contributed by atoms with E-state index in [1.807, 2.05) is 18.2 Å². The summed E-state index contributed by atoms with van der Waals surface area (Å²) in [6.07, 6.45) is 3.37. The lowest BCUT2D eigenvalue weighted by molar-refractivity contribution is 0.0697. The normalized spacial score (nSPS) is 10.6. The van der Waals surface area contributed by atoms with E-state index in [1.165, 1.54) is 6.07 Å². The zero-order valence-electron chi connectivity index (χ0n) is 12.7. The molecular formula is C19H10ClN3O2. The maximum absolute atomic E-state index is 11.2. The van der Waals surface area contributed by atoms with Gasteiger partial charge in [0.25, 0.3) is 0 Å². The molecule has 120 valence electrons. The van der Waals surface area contributed by atoms with Crippen molar-refractivity contribution >= 4 is 50.8 Å². The number of pyridine rings is 2. The van der Waals surface area contributed by atoms with Crippen LogP contribution in [-0.4, -0.2) is 21.0 Å². The Morgan fingerprint density at radius 2 is 2.04 bits per heavy atom. The van der Waals surface area contributed by atoms with Crippen LogP contribution in [0, 0.1) is 12.1 Å². The van der Waals surface area contributed by atoms with Gasteiger partial charge in [0.1, 0.15) is 11.4 Å². The minimum absolute atomic E-state index is 0.0158. The second kappa shape index (κ2) is 5.93.